The molecule has 8 nitrogen and oxygen atoms in total. The molecule has 3 heterocycles. The first-order chi connectivity index (χ1) is 16.3. The van der Waals surface area contributed by atoms with Gasteiger partial charge in [-0.25, -0.2) is 14.6 Å². The highest BCUT2D eigenvalue weighted by atomic mass is 19.4. The van der Waals surface area contributed by atoms with Crippen molar-refractivity contribution in [2.24, 2.45) is 0 Å². The summed E-state index contributed by atoms with van der Waals surface area (Å²) in [5.74, 6) is -0.348. The molecule has 2 aromatic carbocycles. The van der Waals surface area contributed by atoms with Crippen LogP contribution in [0.4, 0.5) is 24.7 Å². The number of anilines is 2. The van der Waals surface area contributed by atoms with Crippen molar-refractivity contribution >= 4 is 28.4 Å². The SMILES string of the molecule is Nc1ncnc2c1c(-c1ccc(NC(=O)c3cccc(C(F)(F)F)c3)cc1)nn2[C@H]1CCOC1. The molecule has 34 heavy (non-hydrogen) atoms. The molecule has 5 rings (SSSR count). The minimum absolute atomic E-state index is 0.0385. The van der Waals surface area contributed by atoms with Gasteiger partial charge in [0.05, 0.1) is 23.6 Å². The van der Waals surface area contributed by atoms with Crippen LogP contribution in [0.5, 0.6) is 0 Å². The van der Waals surface area contributed by atoms with Gasteiger partial charge in [-0.15, -0.1) is 0 Å². The molecule has 1 atom stereocenters. The molecule has 0 bridgehead atoms. The highest BCUT2D eigenvalue weighted by Crippen LogP contribution is 2.34. The number of alkyl halides is 3. The molecule has 1 aliphatic heterocycles. The van der Waals surface area contributed by atoms with E-state index in [0.29, 0.717) is 41.4 Å². The molecule has 0 saturated carbocycles. The van der Waals surface area contributed by atoms with Crippen LogP contribution in [0.25, 0.3) is 22.3 Å². The fraction of sp³-hybridized carbons (Fsp3) is 0.217. The van der Waals surface area contributed by atoms with Gasteiger partial charge in [0.2, 0.25) is 0 Å². The third kappa shape index (κ3) is 4.05. The number of nitrogens with two attached hydrogens (primary N) is 1. The van der Waals surface area contributed by atoms with Gasteiger partial charge in [0.1, 0.15) is 17.8 Å². The molecule has 1 fully saturated rings. The first-order valence-corrected chi connectivity index (χ1v) is 10.5. The molecule has 4 aromatic rings. The van der Waals surface area contributed by atoms with Gasteiger partial charge >= 0.3 is 6.18 Å². The number of fused-ring (bicyclic) bond motifs is 1. The lowest BCUT2D eigenvalue weighted by atomic mass is 10.1. The topological polar surface area (TPSA) is 108 Å². The van der Waals surface area contributed by atoms with Crippen LogP contribution in [0.2, 0.25) is 0 Å². The van der Waals surface area contributed by atoms with E-state index in [4.69, 9.17) is 15.6 Å². The number of hydrogen-bond acceptors (Lipinski definition) is 6. The maximum absolute atomic E-state index is 12.9. The van der Waals surface area contributed by atoms with Gasteiger partial charge in [-0.1, -0.05) is 18.2 Å². The van der Waals surface area contributed by atoms with Gasteiger partial charge in [-0.05, 0) is 36.8 Å². The Morgan fingerprint density at radius 1 is 1.15 bits per heavy atom. The quantitative estimate of drug-likeness (QED) is 0.462. The summed E-state index contributed by atoms with van der Waals surface area (Å²) in [5.41, 5.74) is 7.51. The minimum Gasteiger partial charge on any atom is -0.383 e. The normalized spacial score (nSPS) is 16.1. The van der Waals surface area contributed by atoms with Crippen molar-refractivity contribution in [1.29, 1.82) is 0 Å². The zero-order valence-corrected chi connectivity index (χ0v) is 17.7. The highest BCUT2D eigenvalue weighted by molar-refractivity contribution is 6.04. The Hall–Kier alpha value is -3.99. The number of halogens is 3. The van der Waals surface area contributed by atoms with Crippen LogP contribution in [0, 0.1) is 0 Å². The van der Waals surface area contributed by atoms with Crippen molar-refractivity contribution in [2.75, 3.05) is 24.3 Å². The van der Waals surface area contributed by atoms with E-state index in [-0.39, 0.29) is 11.6 Å². The number of nitrogens with zero attached hydrogens (tertiary/aromatic N) is 4. The molecule has 0 radical (unpaired) electrons. The molecule has 1 amide bonds. The average Bonchev–Trinajstić information content (AvgIpc) is 3.48. The number of nitrogen functional groups attached to an aromatic ring is 1. The van der Waals surface area contributed by atoms with Gasteiger partial charge in [-0.3, -0.25) is 4.79 Å². The number of nitrogens with one attached hydrogen (secondary N) is 1. The van der Waals surface area contributed by atoms with E-state index < -0.39 is 17.6 Å². The summed E-state index contributed by atoms with van der Waals surface area (Å²) >= 11 is 0. The third-order valence-electron chi connectivity index (χ3n) is 5.64. The number of amides is 1. The summed E-state index contributed by atoms with van der Waals surface area (Å²) in [5, 5.41) is 7.97. The summed E-state index contributed by atoms with van der Waals surface area (Å²) in [7, 11) is 0. The van der Waals surface area contributed by atoms with E-state index in [1.165, 1.54) is 18.5 Å². The van der Waals surface area contributed by atoms with Crippen LogP contribution in [-0.2, 0) is 10.9 Å². The summed E-state index contributed by atoms with van der Waals surface area (Å²) in [6.45, 7) is 1.17. The highest BCUT2D eigenvalue weighted by Gasteiger charge is 2.31. The first kappa shape index (κ1) is 21.8. The summed E-state index contributed by atoms with van der Waals surface area (Å²) < 4.78 is 46.1. The number of carbonyl (C=O) groups excluding carboxylic acids is 1. The van der Waals surface area contributed by atoms with Crippen LogP contribution in [0.1, 0.15) is 28.4 Å². The summed E-state index contributed by atoms with van der Waals surface area (Å²) in [6, 6.07) is 11.1. The Morgan fingerprint density at radius 3 is 2.65 bits per heavy atom. The monoisotopic (exact) mass is 468 g/mol. The third-order valence-corrected chi connectivity index (χ3v) is 5.64. The van der Waals surface area contributed by atoms with Crippen LogP contribution in [-0.4, -0.2) is 38.9 Å². The molecule has 174 valence electrons. The number of ether oxygens (including phenoxy) is 1. The lowest BCUT2D eigenvalue weighted by Gasteiger charge is -2.10. The number of aromatic nitrogens is 4. The molecule has 0 aliphatic carbocycles. The molecule has 3 N–H and O–H groups in total. The second-order valence-electron chi connectivity index (χ2n) is 7.88. The molecular weight excluding hydrogens is 449 g/mol. The number of hydrogen-bond donors (Lipinski definition) is 2. The molecule has 2 aromatic heterocycles. The lowest BCUT2D eigenvalue weighted by molar-refractivity contribution is -0.137. The van der Waals surface area contributed by atoms with Gasteiger partial charge in [0, 0.05) is 23.4 Å². The molecule has 1 saturated heterocycles. The molecule has 11 heteroatoms. The second-order valence-corrected chi connectivity index (χ2v) is 7.88. The van der Waals surface area contributed by atoms with E-state index in [1.807, 2.05) is 0 Å². The predicted molar refractivity (Wildman–Crippen MR) is 119 cm³/mol. The van der Waals surface area contributed by atoms with Crippen molar-refractivity contribution in [1.82, 2.24) is 19.7 Å². The molecule has 0 spiro atoms. The summed E-state index contributed by atoms with van der Waals surface area (Å²) in [4.78, 5) is 20.9. The molecule has 1 aliphatic rings. The maximum atomic E-state index is 12.9. The predicted octanol–water partition coefficient (Wildman–Crippen LogP) is 4.31. The zero-order chi connectivity index (χ0) is 23.9. The van der Waals surface area contributed by atoms with E-state index in [1.54, 1.807) is 28.9 Å². The van der Waals surface area contributed by atoms with Crippen LogP contribution >= 0.6 is 0 Å². The number of carbonyl (C=O) groups is 1. The Morgan fingerprint density at radius 2 is 1.94 bits per heavy atom. The van der Waals surface area contributed by atoms with E-state index >= 15 is 0 Å². The minimum atomic E-state index is -4.53. The van der Waals surface area contributed by atoms with Crippen molar-refractivity contribution in [3.05, 3.63) is 66.0 Å². The van der Waals surface area contributed by atoms with Crippen molar-refractivity contribution in [2.45, 2.75) is 18.6 Å². The van der Waals surface area contributed by atoms with Crippen LogP contribution in [0.3, 0.4) is 0 Å². The zero-order valence-electron chi connectivity index (χ0n) is 17.7. The fourth-order valence-electron chi connectivity index (χ4n) is 3.92. The number of benzene rings is 2. The Balaban J connectivity index is 1.42. The van der Waals surface area contributed by atoms with Crippen LogP contribution < -0.4 is 11.1 Å². The molecular formula is C23H19F3N6O2. The molecule has 0 unspecified atom stereocenters. The van der Waals surface area contributed by atoms with Gasteiger partial charge in [0.25, 0.3) is 5.91 Å². The second kappa shape index (κ2) is 8.41. The average molecular weight is 468 g/mol. The first-order valence-electron chi connectivity index (χ1n) is 10.5. The Bertz CT molecular complexity index is 1360. The van der Waals surface area contributed by atoms with Crippen LogP contribution in [0.15, 0.2) is 54.9 Å². The standard InChI is InChI=1S/C23H19F3N6O2/c24-23(25,26)15-3-1-2-14(10-15)22(33)30-16-6-4-13(5-7-16)19-18-20(27)28-12-29-21(18)32(31-19)17-8-9-34-11-17/h1-7,10,12,17H,8-9,11H2,(H,30,33)(H2,27,28,29)/t17-/m0/s1. The van der Waals surface area contributed by atoms with Crippen molar-refractivity contribution < 1.29 is 22.7 Å². The van der Waals surface area contributed by atoms with E-state index in [2.05, 4.69) is 15.3 Å². The maximum Gasteiger partial charge on any atom is 0.416 e. The van der Waals surface area contributed by atoms with E-state index in [9.17, 15) is 18.0 Å². The van der Waals surface area contributed by atoms with Gasteiger partial charge < -0.3 is 15.8 Å². The lowest BCUT2D eigenvalue weighted by Crippen LogP contribution is -2.13. The summed E-state index contributed by atoms with van der Waals surface area (Å²) in [6.07, 6.45) is -2.33. The fourth-order valence-corrected chi connectivity index (χ4v) is 3.92. The Labute approximate surface area is 191 Å². The largest absolute Gasteiger partial charge is 0.416 e. The van der Waals surface area contributed by atoms with E-state index in [0.717, 1.165) is 24.1 Å². The van der Waals surface area contributed by atoms with Gasteiger partial charge in [0.15, 0.2) is 5.65 Å². The van der Waals surface area contributed by atoms with Gasteiger partial charge in [-0.2, -0.15) is 18.3 Å². The smallest absolute Gasteiger partial charge is 0.383 e. The van der Waals surface area contributed by atoms with Crippen molar-refractivity contribution in [3.8, 4) is 11.3 Å². The van der Waals surface area contributed by atoms with Crippen molar-refractivity contribution in [3.63, 3.8) is 0 Å². The Kier molecular flexibility index (Phi) is 5.40. The number of rotatable bonds is 4.